The Morgan fingerprint density at radius 2 is 1.90 bits per heavy atom. The van der Waals surface area contributed by atoms with Gasteiger partial charge in [-0.25, -0.2) is 24.0 Å². The summed E-state index contributed by atoms with van der Waals surface area (Å²) < 4.78 is 4.86. The van der Waals surface area contributed by atoms with E-state index in [0.29, 0.717) is 35.0 Å². The number of nitrogens with one attached hydrogen (secondary N) is 2. The number of pyridine rings is 1. The van der Waals surface area contributed by atoms with Crippen molar-refractivity contribution in [2.75, 3.05) is 36.4 Å². The molecule has 5 heterocycles. The SMILES string of the molecule is C=CCn1c(=O)c2cnc(Nc3ccc(N4CCNCC4)cc3)nc2n1-c1ccc2cnn(C[C@H](C)O)c2n1. The molecule has 1 aliphatic heterocycles. The molecule has 1 atom stereocenters. The van der Waals surface area contributed by atoms with Gasteiger partial charge in [-0.3, -0.25) is 4.79 Å². The van der Waals surface area contributed by atoms with E-state index in [1.54, 1.807) is 28.6 Å². The van der Waals surface area contributed by atoms with Crippen molar-refractivity contribution in [3.8, 4) is 5.82 Å². The fourth-order valence-corrected chi connectivity index (χ4v) is 4.86. The summed E-state index contributed by atoms with van der Waals surface area (Å²) >= 11 is 0. The number of anilines is 3. The van der Waals surface area contributed by atoms with Crippen LogP contribution < -0.4 is 21.1 Å². The molecule has 200 valence electrons. The second-order valence-electron chi connectivity index (χ2n) is 9.59. The minimum absolute atomic E-state index is 0.240. The van der Waals surface area contributed by atoms with E-state index in [4.69, 9.17) is 9.97 Å². The van der Waals surface area contributed by atoms with Crippen molar-refractivity contribution in [2.24, 2.45) is 0 Å². The first kappa shape index (κ1) is 24.8. The van der Waals surface area contributed by atoms with E-state index in [2.05, 4.69) is 44.3 Å². The molecule has 39 heavy (non-hydrogen) atoms. The van der Waals surface area contributed by atoms with Gasteiger partial charge in [0.2, 0.25) is 5.95 Å². The molecular formula is C27H30N10O2. The summed E-state index contributed by atoms with van der Waals surface area (Å²) in [4.78, 5) is 29.6. The van der Waals surface area contributed by atoms with Crippen LogP contribution in [0.4, 0.5) is 17.3 Å². The van der Waals surface area contributed by atoms with Crippen molar-refractivity contribution in [3.63, 3.8) is 0 Å². The quantitative estimate of drug-likeness (QED) is 0.260. The van der Waals surface area contributed by atoms with Crippen molar-refractivity contribution in [3.05, 3.63) is 71.8 Å². The van der Waals surface area contributed by atoms with Gasteiger partial charge in [0.05, 0.1) is 25.4 Å². The number of fused-ring (bicyclic) bond motifs is 2. The topological polar surface area (TPSA) is 131 Å². The van der Waals surface area contributed by atoms with Crippen LogP contribution in [0, 0.1) is 0 Å². The Balaban J connectivity index is 1.39. The summed E-state index contributed by atoms with van der Waals surface area (Å²) in [6, 6.07) is 11.9. The van der Waals surface area contributed by atoms with E-state index in [-0.39, 0.29) is 12.1 Å². The van der Waals surface area contributed by atoms with Crippen LogP contribution in [-0.4, -0.2) is 71.5 Å². The summed E-state index contributed by atoms with van der Waals surface area (Å²) in [5.74, 6) is 0.857. The predicted octanol–water partition coefficient (Wildman–Crippen LogP) is 2.05. The Morgan fingerprint density at radius 3 is 2.64 bits per heavy atom. The lowest BCUT2D eigenvalue weighted by Gasteiger charge is -2.29. The van der Waals surface area contributed by atoms with Crippen molar-refractivity contribution in [1.82, 2.24) is 39.4 Å². The zero-order chi connectivity index (χ0) is 26.9. The zero-order valence-corrected chi connectivity index (χ0v) is 21.7. The highest BCUT2D eigenvalue weighted by Crippen LogP contribution is 2.23. The fourth-order valence-electron chi connectivity index (χ4n) is 4.86. The second kappa shape index (κ2) is 10.3. The molecule has 6 rings (SSSR count). The first-order valence-electron chi connectivity index (χ1n) is 12.9. The molecule has 12 nitrogen and oxygen atoms in total. The Kier molecular flexibility index (Phi) is 6.55. The van der Waals surface area contributed by atoms with E-state index >= 15 is 0 Å². The van der Waals surface area contributed by atoms with Crippen molar-refractivity contribution in [1.29, 1.82) is 0 Å². The van der Waals surface area contributed by atoms with Gasteiger partial charge in [-0.15, -0.1) is 6.58 Å². The predicted molar refractivity (Wildman–Crippen MR) is 151 cm³/mol. The van der Waals surface area contributed by atoms with Gasteiger partial charge in [0.25, 0.3) is 5.56 Å². The highest BCUT2D eigenvalue weighted by Gasteiger charge is 2.19. The van der Waals surface area contributed by atoms with E-state index in [1.165, 1.54) is 16.6 Å². The molecule has 3 N–H and O–H groups in total. The average molecular weight is 527 g/mol. The van der Waals surface area contributed by atoms with Crippen molar-refractivity contribution < 1.29 is 5.11 Å². The summed E-state index contributed by atoms with van der Waals surface area (Å²) in [5.41, 5.74) is 2.80. The standard InChI is InChI=1S/C27H30N10O2/c1-3-12-36-26(39)22-16-29-27(31-20-5-7-21(8-6-20)34-13-10-28-11-14-34)33-25(22)37(36)23-9-4-19-15-30-35(17-18(2)38)24(19)32-23/h3-9,15-16,18,28,38H,1,10-14,17H2,2H3,(H,29,31,33)/t18-/m0/s1. The van der Waals surface area contributed by atoms with Crippen molar-refractivity contribution in [2.45, 2.75) is 26.1 Å². The molecule has 1 aromatic carbocycles. The highest BCUT2D eigenvalue weighted by molar-refractivity contribution is 5.79. The Bertz CT molecular complexity index is 1690. The summed E-state index contributed by atoms with van der Waals surface area (Å²) in [6.07, 6.45) is 4.31. The first-order chi connectivity index (χ1) is 19.0. The number of aliphatic hydroxyl groups is 1. The first-order valence-corrected chi connectivity index (χ1v) is 12.9. The Hall–Kier alpha value is -4.55. The minimum Gasteiger partial charge on any atom is -0.391 e. The zero-order valence-electron chi connectivity index (χ0n) is 21.7. The number of aliphatic hydroxyl groups excluding tert-OH is 1. The number of rotatable bonds is 8. The number of piperazine rings is 1. The summed E-state index contributed by atoms with van der Waals surface area (Å²) in [5, 5.41) is 22.1. The van der Waals surface area contributed by atoms with E-state index in [1.807, 2.05) is 24.3 Å². The normalized spacial score (nSPS) is 14.7. The van der Waals surface area contributed by atoms with Gasteiger partial charge in [0.1, 0.15) is 5.39 Å². The third-order valence-electron chi connectivity index (χ3n) is 6.71. The molecule has 1 saturated heterocycles. The fraction of sp³-hybridized carbons (Fsp3) is 0.296. The monoisotopic (exact) mass is 526 g/mol. The largest absolute Gasteiger partial charge is 0.391 e. The molecule has 0 saturated carbocycles. The van der Waals surface area contributed by atoms with Gasteiger partial charge in [-0.05, 0) is 43.3 Å². The van der Waals surface area contributed by atoms with Crippen LogP contribution in [0.3, 0.4) is 0 Å². The maximum Gasteiger partial charge on any atom is 0.278 e. The van der Waals surface area contributed by atoms with Crippen molar-refractivity contribution >= 4 is 39.4 Å². The Morgan fingerprint density at radius 1 is 1.10 bits per heavy atom. The van der Waals surface area contributed by atoms with Crippen LogP contribution in [0.2, 0.25) is 0 Å². The number of hydrogen-bond donors (Lipinski definition) is 3. The van der Waals surface area contributed by atoms with Gasteiger partial charge in [0.15, 0.2) is 17.1 Å². The molecule has 12 heteroatoms. The third kappa shape index (κ3) is 4.75. The van der Waals surface area contributed by atoms with Gasteiger partial charge in [-0.1, -0.05) is 6.08 Å². The number of hydrogen-bond acceptors (Lipinski definition) is 9. The summed E-state index contributed by atoms with van der Waals surface area (Å²) in [6.45, 7) is 9.99. The lowest BCUT2D eigenvalue weighted by molar-refractivity contribution is 0.170. The second-order valence-corrected chi connectivity index (χ2v) is 9.59. The molecule has 0 aliphatic carbocycles. The van der Waals surface area contributed by atoms with Crippen LogP contribution >= 0.6 is 0 Å². The lowest BCUT2D eigenvalue weighted by Crippen LogP contribution is -2.43. The third-order valence-corrected chi connectivity index (χ3v) is 6.71. The van der Waals surface area contributed by atoms with Gasteiger partial charge in [-0.2, -0.15) is 10.1 Å². The van der Waals surface area contributed by atoms with E-state index in [9.17, 15) is 9.90 Å². The van der Waals surface area contributed by atoms with E-state index < -0.39 is 6.10 Å². The van der Waals surface area contributed by atoms with Crippen LogP contribution in [0.1, 0.15) is 6.92 Å². The van der Waals surface area contributed by atoms with Crippen LogP contribution in [0.5, 0.6) is 0 Å². The molecule has 5 aromatic rings. The van der Waals surface area contributed by atoms with E-state index in [0.717, 1.165) is 37.3 Å². The number of aromatic nitrogens is 7. The molecule has 0 amide bonds. The molecule has 0 spiro atoms. The van der Waals surface area contributed by atoms with Gasteiger partial charge >= 0.3 is 0 Å². The van der Waals surface area contributed by atoms with Gasteiger partial charge < -0.3 is 20.6 Å². The number of benzene rings is 1. The maximum absolute atomic E-state index is 13.3. The molecule has 1 fully saturated rings. The number of allylic oxidation sites excluding steroid dienone is 1. The average Bonchev–Trinajstić information content (AvgIpc) is 3.47. The lowest BCUT2D eigenvalue weighted by atomic mass is 10.2. The molecule has 0 unspecified atom stereocenters. The molecular weight excluding hydrogens is 496 g/mol. The maximum atomic E-state index is 13.3. The summed E-state index contributed by atoms with van der Waals surface area (Å²) in [7, 11) is 0. The molecule has 0 bridgehead atoms. The van der Waals surface area contributed by atoms with Crippen LogP contribution in [0.15, 0.2) is 66.2 Å². The smallest absolute Gasteiger partial charge is 0.278 e. The Labute approximate surface area is 224 Å². The number of nitrogens with zero attached hydrogens (tertiary/aromatic N) is 8. The minimum atomic E-state index is -0.586. The molecule has 1 aliphatic rings. The highest BCUT2D eigenvalue weighted by atomic mass is 16.3. The molecule has 0 radical (unpaired) electrons. The van der Waals surface area contributed by atoms with Crippen LogP contribution in [0.25, 0.3) is 27.9 Å². The van der Waals surface area contributed by atoms with Crippen LogP contribution in [-0.2, 0) is 13.1 Å². The van der Waals surface area contributed by atoms with Gasteiger partial charge in [0, 0.05) is 49.1 Å². The molecule has 4 aromatic heterocycles.